The van der Waals surface area contributed by atoms with Crippen molar-refractivity contribution in [2.45, 2.75) is 38.8 Å². The van der Waals surface area contributed by atoms with Crippen LogP contribution in [0.1, 0.15) is 26.7 Å². The van der Waals surface area contributed by atoms with E-state index in [1.165, 1.54) is 0 Å². The minimum absolute atomic E-state index is 0.0734. The average Bonchev–Trinajstić information content (AvgIpc) is 2.46. The van der Waals surface area contributed by atoms with Crippen LogP contribution in [0, 0.1) is 0 Å². The highest BCUT2D eigenvalue weighted by molar-refractivity contribution is 5.82. The van der Waals surface area contributed by atoms with E-state index in [0.717, 1.165) is 19.4 Å². The van der Waals surface area contributed by atoms with E-state index in [0.29, 0.717) is 32.7 Å². The Morgan fingerprint density at radius 3 is 2.25 bits per heavy atom. The monoisotopic (exact) mass is 283 g/mol. The number of hydrogen-bond acceptors (Lipinski definition) is 4. The maximum atomic E-state index is 12.5. The summed E-state index contributed by atoms with van der Waals surface area (Å²) in [5, 5.41) is 9.71. The summed E-state index contributed by atoms with van der Waals surface area (Å²) in [6.45, 7) is 7.40. The van der Waals surface area contributed by atoms with Crippen molar-refractivity contribution in [3.63, 3.8) is 0 Å². The van der Waals surface area contributed by atoms with Crippen molar-refractivity contribution in [2.24, 2.45) is 0 Å². The Labute approximate surface area is 120 Å². The molecule has 0 spiro atoms. The Morgan fingerprint density at radius 2 is 1.70 bits per heavy atom. The van der Waals surface area contributed by atoms with Crippen LogP contribution < -0.4 is 0 Å². The number of carbonyl (C=O) groups excluding carboxylic acids is 2. The summed E-state index contributed by atoms with van der Waals surface area (Å²) in [5.41, 5.74) is 0. The summed E-state index contributed by atoms with van der Waals surface area (Å²) in [4.78, 5) is 29.4. The van der Waals surface area contributed by atoms with Crippen LogP contribution in [0.25, 0.3) is 0 Å². The van der Waals surface area contributed by atoms with Crippen molar-refractivity contribution in [3.05, 3.63) is 0 Å². The van der Waals surface area contributed by atoms with E-state index >= 15 is 0 Å². The molecule has 0 aliphatic carbocycles. The molecule has 20 heavy (non-hydrogen) atoms. The zero-order valence-electron chi connectivity index (χ0n) is 12.4. The molecular formula is C14H25N3O3. The molecule has 2 atom stereocenters. The van der Waals surface area contributed by atoms with Gasteiger partial charge in [-0.15, -0.1) is 0 Å². The molecule has 0 aromatic heterocycles. The Morgan fingerprint density at radius 1 is 1.10 bits per heavy atom. The molecule has 0 radical (unpaired) electrons. The van der Waals surface area contributed by atoms with Crippen LogP contribution in [0.2, 0.25) is 0 Å². The lowest BCUT2D eigenvalue weighted by Crippen LogP contribution is -2.56. The number of piperazine rings is 1. The Kier molecular flexibility index (Phi) is 4.99. The van der Waals surface area contributed by atoms with Gasteiger partial charge >= 0.3 is 0 Å². The number of amides is 2. The van der Waals surface area contributed by atoms with Gasteiger partial charge in [0.25, 0.3) is 0 Å². The third-order valence-corrected chi connectivity index (χ3v) is 4.37. The first-order chi connectivity index (χ1) is 9.49. The van der Waals surface area contributed by atoms with Gasteiger partial charge in [-0.25, -0.2) is 0 Å². The molecule has 114 valence electrons. The molecule has 2 heterocycles. The summed E-state index contributed by atoms with van der Waals surface area (Å²) < 4.78 is 0. The first-order valence-corrected chi connectivity index (χ1v) is 7.45. The summed E-state index contributed by atoms with van der Waals surface area (Å²) in [5.74, 6) is 0.187. The lowest BCUT2D eigenvalue weighted by atomic mass is 10.1. The highest BCUT2D eigenvalue weighted by Crippen LogP contribution is 2.15. The molecule has 1 N–H and O–H groups in total. The van der Waals surface area contributed by atoms with Crippen molar-refractivity contribution < 1.29 is 14.7 Å². The standard InChI is InChI=1S/C14H25N3O3/c1-11(17-5-3-4-13(19)10-17)14(20)16-8-6-15(7-9-16)12(2)18/h11,13,19H,3-10H2,1-2H3. The van der Waals surface area contributed by atoms with Crippen LogP contribution in [0.15, 0.2) is 0 Å². The van der Waals surface area contributed by atoms with Crippen LogP contribution in [-0.4, -0.2) is 83.0 Å². The first kappa shape index (κ1) is 15.3. The van der Waals surface area contributed by atoms with E-state index in [9.17, 15) is 14.7 Å². The van der Waals surface area contributed by atoms with E-state index < -0.39 is 0 Å². The van der Waals surface area contributed by atoms with E-state index in [2.05, 4.69) is 4.90 Å². The zero-order valence-corrected chi connectivity index (χ0v) is 12.4. The number of nitrogens with zero attached hydrogens (tertiary/aromatic N) is 3. The fraction of sp³-hybridized carbons (Fsp3) is 0.857. The molecule has 6 nitrogen and oxygen atoms in total. The number of likely N-dealkylation sites (tertiary alicyclic amines) is 1. The number of β-amino-alcohol motifs (C(OH)–C–C–N with tert-alkyl or cyclic N) is 1. The van der Waals surface area contributed by atoms with Gasteiger partial charge in [-0.2, -0.15) is 0 Å². The second kappa shape index (κ2) is 6.54. The zero-order chi connectivity index (χ0) is 14.7. The van der Waals surface area contributed by atoms with Crippen LogP contribution in [0.4, 0.5) is 0 Å². The molecule has 2 aliphatic heterocycles. The van der Waals surface area contributed by atoms with Crippen molar-refractivity contribution >= 4 is 11.8 Å². The van der Waals surface area contributed by atoms with Crippen molar-refractivity contribution in [2.75, 3.05) is 39.3 Å². The maximum Gasteiger partial charge on any atom is 0.239 e. The second-order valence-corrected chi connectivity index (χ2v) is 5.80. The summed E-state index contributed by atoms with van der Waals surface area (Å²) in [6.07, 6.45) is 1.46. The van der Waals surface area contributed by atoms with Gasteiger partial charge in [-0.05, 0) is 26.3 Å². The van der Waals surface area contributed by atoms with Gasteiger partial charge in [0.15, 0.2) is 0 Å². The number of aliphatic hydroxyl groups excluding tert-OH is 1. The minimum Gasteiger partial charge on any atom is -0.392 e. The fourth-order valence-electron chi connectivity index (χ4n) is 3.00. The molecule has 2 rings (SSSR count). The number of rotatable bonds is 2. The second-order valence-electron chi connectivity index (χ2n) is 5.80. The van der Waals surface area contributed by atoms with Crippen LogP contribution in [0.5, 0.6) is 0 Å². The Balaban J connectivity index is 1.86. The average molecular weight is 283 g/mol. The quantitative estimate of drug-likeness (QED) is 0.744. The minimum atomic E-state index is -0.312. The Hall–Kier alpha value is -1.14. The number of carbonyl (C=O) groups is 2. The van der Waals surface area contributed by atoms with Crippen molar-refractivity contribution in [1.29, 1.82) is 0 Å². The topological polar surface area (TPSA) is 64.1 Å². The molecule has 2 amide bonds. The lowest BCUT2D eigenvalue weighted by molar-refractivity contribution is -0.142. The molecule has 0 bridgehead atoms. The molecule has 2 saturated heterocycles. The third-order valence-electron chi connectivity index (χ3n) is 4.37. The van der Waals surface area contributed by atoms with Crippen LogP contribution >= 0.6 is 0 Å². The van der Waals surface area contributed by atoms with Crippen molar-refractivity contribution in [1.82, 2.24) is 14.7 Å². The molecule has 2 aliphatic rings. The number of hydrogen-bond donors (Lipinski definition) is 1. The van der Waals surface area contributed by atoms with Gasteiger partial charge in [0.1, 0.15) is 0 Å². The molecule has 0 aromatic carbocycles. The van der Waals surface area contributed by atoms with E-state index in [1.54, 1.807) is 11.8 Å². The first-order valence-electron chi connectivity index (χ1n) is 7.45. The van der Waals surface area contributed by atoms with Gasteiger partial charge < -0.3 is 14.9 Å². The highest BCUT2D eigenvalue weighted by atomic mass is 16.3. The third kappa shape index (κ3) is 3.49. The number of piperidine rings is 1. The predicted octanol–water partition coefficient (Wildman–Crippen LogP) is -0.478. The predicted molar refractivity (Wildman–Crippen MR) is 75.1 cm³/mol. The van der Waals surface area contributed by atoms with Crippen molar-refractivity contribution in [3.8, 4) is 0 Å². The van der Waals surface area contributed by atoms with E-state index in [-0.39, 0.29) is 24.0 Å². The molecule has 6 heteroatoms. The van der Waals surface area contributed by atoms with Gasteiger partial charge in [0.05, 0.1) is 12.1 Å². The summed E-state index contributed by atoms with van der Waals surface area (Å²) in [7, 11) is 0. The molecule has 2 fully saturated rings. The van der Waals surface area contributed by atoms with E-state index in [4.69, 9.17) is 0 Å². The highest BCUT2D eigenvalue weighted by Gasteiger charge is 2.31. The molecule has 2 unspecified atom stereocenters. The van der Waals surface area contributed by atoms with Gasteiger partial charge in [-0.3, -0.25) is 14.5 Å². The maximum absolute atomic E-state index is 12.5. The van der Waals surface area contributed by atoms with Gasteiger partial charge in [0, 0.05) is 39.6 Å². The summed E-state index contributed by atoms with van der Waals surface area (Å²) >= 11 is 0. The smallest absolute Gasteiger partial charge is 0.239 e. The molecule has 0 saturated carbocycles. The van der Waals surface area contributed by atoms with Crippen LogP contribution in [0.3, 0.4) is 0 Å². The molecule has 0 aromatic rings. The summed E-state index contributed by atoms with van der Waals surface area (Å²) in [6, 6.07) is -0.186. The normalized spacial score (nSPS) is 26.4. The SMILES string of the molecule is CC(=O)N1CCN(C(=O)C(C)N2CCCC(O)C2)CC1. The number of aliphatic hydroxyl groups is 1. The lowest BCUT2D eigenvalue weighted by Gasteiger charge is -2.39. The fourth-order valence-corrected chi connectivity index (χ4v) is 3.00. The Bertz CT molecular complexity index is 367. The molecular weight excluding hydrogens is 258 g/mol. The van der Waals surface area contributed by atoms with Gasteiger partial charge in [0.2, 0.25) is 11.8 Å². The van der Waals surface area contributed by atoms with Gasteiger partial charge in [-0.1, -0.05) is 0 Å². The van der Waals surface area contributed by atoms with Crippen LogP contribution in [-0.2, 0) is 9.59 Å². The largest absolute Gasteiger partial charge is 0.392 e. The van der Waals surface area contributed by atoms with E-state index in [1.807, 2.05) is 11.8 Å².